The van der Waals surface area contributed by atoms with Crippen molar-refractivity contribution in [3.05, 3.63) is 0 Å². The molecule has 0 saturated heterocycles. The molecular formula is C12H22N2O4. The SMILES string of the molecule is CCC(NC(=O)NC(=O)CCCC(=O)O)C(C)C. The quantitative estimate of drug-likeness (QED) is 0.645. The summed E-state index contributed by atoms with van der Waals surface area (Å²) in [5.74, 6) is -1.10. The third-order valence-corrected chi connectivity index (χ3v) is 2.61. The highest BCUT2D eigenvalue weighted by atomic mass is 16.4. The smallest absolute Gasteiger partial charge is 0.321 e. The zero-order chi connectivity index (χ0) is 14.1. The Labute approximate surface area is 107 Å². The molecule has 0 aliphatic carbocycles. The average molecular weight is 258 g/mol. The normalized spacial score (nSPS) is 12.0. The Hall–Kier alpha value is -1.59. The molecule has 18 heavy (non-hydrogen) atoms. The van der Waals surface area contributed by atoms with Crippen LogP contribution in [0.5, 0.6) is 0 Å². The molecule has 6 heteroatoms. The fourth-order valence-electron chi connectivity index (χ4n) is 1.53. The van der Waals surface area contributed by atoms with Gasteiger partial charge in [0.1, 0.15) is 0 Å². The molecule has 0 aromatic heterocycles. The lowest BCUT2D eigenvalue weighted by Gasteiger charge is -2.20. The van der Waals surface area contributed by atoms with E-state index in [9.17, 15) is 14.4 Å². The molecule has 0 aromatic rings. The standard InChI is InChI=1S/C12H22N2O4/c1-4-9(8(2)3)13-12(18)14-10(15)6-5-7-11(16)17/h8-9H,4-7H2,1-3H3,(H,16,17)(H2,13,14,15,18). The molecule has 0 bridgehead atoms. The highest BCUT2D eigenvalue weighted by Gasteiger charge is 2.15. The lowest BCUT2D eigenvalue weighted by Crippen LogP contribution is -2.46. The van der Waals surface area contributed by atoms with E-state index in [1.165, 1.54) is 0 Å². The number of carboxylic acids is 1. The number of carbonyl (C=O) groups excluding carboxylic acids is 2. The average Bonchev–Trinajstić information content (AvgIpc) is 2.24. The number of carbonyl (C=O) groups is 3. The van der Waals surface area contributed by atoms with Crippen molar-refractivity contribution >= 4 is 17.9 Å². The van der Waals surface area contributed by atoms with Crippen LogP contribution in [0.1, 0.15) is 46.5 Å². The van der Waals surface area contributed by atoms with Crippen LogP contribution in [0.3, 0.4) is 0 Å². The molecule has 104 valence electrons. The van der Waals surface area contributed by atoms with Crippen molar-refractivity contribution in [3.8, 4) is 0 Å². The second-order valence-electron chi connectivity index (χ2n) is 4.53. The number of urea groups is 1. The van der Waals surface area contributed by atoms with Crippen LogP contribution in [0, 0.1) is 5.92 Å². The number of carboxylic acid groups (broad SMARTS) is 1. The summed E-state index contributed by atoms with van der Waals surface area (Å²) in [6, 6.07) is -0.493. The first-order valence-electron chi connectivity index (χ1n) is 6.19. The molecule has 6 nitrogen and oxygen atoms in total. The van der Waals surface area contributed by atoms with E-state index < -0.39 is 17.9 Å². The van der Waals surface area contributed by atoms with Gasteiger partial charge in [0.05, 0.1) is 0 Å². The summed E-state index contributed by atoms with van der Waals surface area (Å²) >= 11 is 0. The van der Waals surface area contributed by atoms with E-state index in [1.807, 2.05) is 20.8 Å². The summed E-state index contributed by atoms with van der Waals surface area (Å²) in [6.45, 7) is 5.94. The van der Waals surface area contributed by atoms with Crippen molar-refractivity contribution in [2.24, 2.45) is 5.92 Å². The van der Waals surface area contributed by atoms with Gasteiger partial charge in [-0.2, -0.15) is 0 Å². The highest BCUT2D eigenvalue weighted by Crippen LogP contribution is 2.04. The molecule has 3 N–H and O–H groups in total. The number of hydrogen-bond acceptors (Lipinski definition) is 3. The Morgan fingerprint density at radius 2 is 1.78 bits per heavy atom. The largest absolute Gasteiger partial charge is 0.481 e. The second kappa shape index (κ2) is 8.49. The molecule has 0 saturated carbocycles. The summed E-state index contributed by atoms with van der Waals surface area (Å²) in [4.78, 5) is 33.0. The maximum atomic E-state index is 11.5. The number of imide groups is 1. The van der Waals surface area contributed by atoms with E-state index >= 15 is 0 Å². The van der Waals surface area contributed by atoms with Gasteiger partial charge < -0.3 is 10.4 Å². The summed E-state index contributed by atoms with van der Waals surface area (Å²) in [7, 11) is 0. The third kappa shape index (κ3) is 7.65. The minimum absolute atomic E-state index is 0.0248. The van der Waals surface area contributed by atoms with Gasteiger partial charge in [0.15, 0.2) is 0 Å². The summed E-state index contributed by atoms with van der Waals surface area (Å²) < 4.78 is 0. The van der Waals surface area contributed by atoms with Gasteiger partial charge in [-0.15, -0.1) is 0 Å². The van der Waals surface area contributed by atoms with E-state index in [0.717, 1.165) is 6.42 Å². The Kier molecular flexibility index (Phi) is 7.74. The van der Waals surface area contributed by atoms with Gasteiger partial charge in [-0.05, 0) is 18.8 Å². The van der Waals surface area contributed by atoms with Crippen LogP contribution in [0.15, 0.2) is 0 Å². The minimum Gasteiger partial charge on any atom is -0.481 e. The predicted octanol–water partition coefficient (Wildman–Crippen LogP) is 1.50. The van der Waals surface area contributed by atoms with E-state index in [0.29, 0.717) is 5.92 Å². The van der Waals surface area contributed by atoms with Crippen LogP contribution < -0.4 is 10.6 Å². The van der Waals surface area contributed by atoms with Gasteiger partial charge in [-0.3, -0.25) is 14.9 Å². The lowest BCUT2D eigenvalue weighted by molar-refractivity contribution is -0.137. The van der Waals surface area contributed by atoms with Crippen molar-refractivity contribution in [1.82, 2.24) is 10.6 Å². The van der Waals surface area contributed by atoms with Crippen LogP contribution in [-0.4, -0.2) is 29.1 Å². The zero-order valence-electron chi connectivity index (χ0n) is 11.2. The first-order valence-corrected chi connectivity index (χ1v) is 6.19. The Morgan fingerprint density at radius 3 is 2.22 bits per heavy atom. The predicted molar refractivity (Wildman–Crippen MR) is 67.1 cm³/mol. The molecule has 1 unspecified atom stereocenters. The topological polar surface area (TPSA) is 95.5 Å². The van der Waals surface area contributed by atoms with Crippen molar-refractivity contribution in [2.75, 3.05) is 0 Å². The molecule has 0 fully saturated rings. The number of rotatable bonds is 7. The minimum atomic E-state index is -0.946. The lowest BCUT2D eigenvalue weighted by atomic mass is 10.0. The van der Waals surface area contributed by atoms with Gasteiger partial charge in [0.2, 0.25) is 5.91 Å². The van der Waals surface area contributed by atoms with Crippen molar-refractivity contribution < 1.29 is 19.5 Å². The zero-order valence-corrected chi connectivity index (χ0v) is 11.2. The van der Waals surface area contributed by atoms with Crippen molar-refractivity contribution in [3.63, 3.8) is 0 Å². The van der Waals surface area contributed by atoms with Crippen LogP contribution in [-0.2, 0) is 9.59 Å². The van der Waals surface area contributed by atoms with Crippen LogP contribution in [0.2, 0.25) is 0 Å². The van der Waals surface area contributed by atoms with Gasteiger partial charge in [-0.25, -0.2) is 4.79 Å². The van der Waals surface area contributed by atoms with E-state index in [1.54, 1.807) is 0 Å². The van der Waals surface area contributed by atoms with Crippen LogP contribution in [0.25, 0.3) is 0 Å². The molecule has 0 aromatic carbocycles. The van der Waals surface area contributed by atoms with Gasteiger partial charge in [-0.1, -0.05) is 20.8 Å². The Balaban J connectivity index is 3.93. The fraction of sp³-hybridized carbons (Fsp3) is 0.750. The van der Waals surface area contributed by atoms with Gasteiger partial charge in [0.25, 0.3) is 0 Å². The molecule has 0 heterocycles. The molecule has 0 aliphatic heterocycles. The summed E-state index contributed by atoms with van der Waals surface area (Å²) in [5.41, 5.74) is 0. The van der Waals surface area contributed by atoms with E-state index in [4.69, 9.17) is 5.11 Å². The maximum absolute atomic E-state index is 11.5. The van der Waals surface area contributed by atoms with Crippen molar-refractivity contribution in [1.29, 1.82) is 0 Å². The molecule has 1 atom stereocenters. The maximum Gasteiger partial charge on any atom is 0.321 e. The third-order valence-electron chi connectivity index (χ3n) is 2.61. The fourth-order valence-corrected chi connectivity index (χ4v) is 1.53. The Morgan fingerprint density at radius 1 is 1.17 bits per heavy atom. The second-order valence-corrected chi connectivity index (χ2v) is 4.53. The molecule has 3 amide bonds. The highest BCUT2D eigenvalue weighted by molar-refractivity contribution is 5.94. The summed E-state index contributed by atoms with van der Waals surface area (Å²) in [6.07, 6.45) is 0.991. The van der Waals surface area contributed by atoms with Gasteiger partial charge in [0, 0.05) is 18.9 Å². The van der Waals surface area contributed by atoms with Crippen LogP contribution in [0.4, 0.5) is 4.79 Å². The first kappa shape index (κ1) is 16.4. The molecule has 0 spiro atoms. The summed E-state index contributed by atoms with van der Waals surface area (Å²) in [5, 5.41) is 13.3. The molecule has 0 aliphatic rings. The van der Waals surface area contributed by atoms with Gasteiger partial charge >= 0.3 is 12.0 Å². The monoisotopic (exact) mass is 258 g/mol. The molecular weight excluding hydrogens is 236 g/mol. The molecule has 0 rings (SSSR count). The number of aliphatic carboxylic acids is 1. The molecule has 0 radical (unpaired) electrons. The first-order chi connectivity index (χ1) is 8.36. The van der Waals surface area contributed by atoms with E-state index in [2.05, 4.69) is 10.6 Å². The number of hydrogen-bond donors (Lipinski definition) is 3. The van der Waals surface area contributed by atoms with Crippen LogP contribution >= 0.6 is 0 Å². The van der Waals surface area contributed by atoms with Crippen molar-refractivity contribution in [2.45, 2.75) is 52.5 Å². The number of amides is 3. The number of nitrogens with one attached hydrogen (secondary N) is 2. The Bertz CT molecular complexity index is 302. The van der Waals surface area contributed by atoms with E-state index in [-0.39, 0.29) is 25.3 Å².